The van der Waals surface area contributed by atoms with Crippen LogP contribution in [-0.2, 0) is 4.74 Å². The maximum atomic E-state index is 5.40. The number of ether oxygens (including phenoxy) is 1. The third kappa shape index (κ3) is 3.57. The van der Waals surface area contributed by atoms with Crippen molar-refractivity contribution in [2.75, 3.05) is 18.5 Å². The van der Waals surface area contributed by atoms with Crippen LogP contribution in [0, 0.1) is 0 Å². The van der Waals surface area contributed by atoms with Crippen LogP contribution in [0.1, 0.15) is 48.6 Å². The minimum Gasteiger partial charge on any atom is -0.377 e. The van der Waals surface area contributed by atoms with Crippen LogP contribution in [0.4, 0.5) is 10.9 Å². The Hall–Kier alpha value is -2.38. The van der Waals surface area contributed by atoms with Crippen LogP contribution in [0.5, 0.6) is 0 Å². The summed E-state index contributed by atoms with van der Waals surface area (Å²) < 4.78 is 5.40. The molecule has 0 radical (unpaired) electrons. The third-order valence-corrected chi connectivity index (χ3v) is 6.25. The van der Waals surface area contributed by atoms with Gasteiger partial charge in [0.05, 0.1) is 24.2 Å². The summed E-state index contributed by atoms with van der Waals surface area (Å²) in [5.41, 5.74) is 4.17. The lowest BCUT2D eigenvalue weighted by Gasteiger charge is -2.13. The van der Waals surface area contributed by atoms with E-state index in [1.54, 1.807) is 11.3 Å². The maximum absolute atomic E-state index is 5.40. The molecule has 1 N–H and O–H groups in total. The molecule has 0 bridgehead atoms. The minimum absolute atomic E-state index is 0.585. The molecule has 1 fully saturated rings. The smallest absolute Gasteiger partial charge is 0.211 e. The molecule has 0 atom stereocenters. The maximum Gasteiger partial charge on any atom is 0.211 e. The zero-order chi connectivity index (χ0) is 18.1. The predicted octanol–water partition coefficient (Wildman–Crippen LogP) is 4.69. The van der Waals surface area contributed by atoms with Crippen molar-refractivity contribution in [1.29, 1.82) is 0 Å². The van der Waals surface area contributed by atoms with E-state index in [0.29, 0.717) is 12.5 Å². The van der Waals surface area contributed by atoms with Crippen molar-refractivity contribution in [3.05, 3.63) is 41.0 Å². The second-order valence-corrected chi connectivity index (χ2v) is 8.07. The van der Waals surface area contributed by atoms with Gasteiger partial charge < -0.3 is 10.1 Å². The molecule has 0 saturated heterocycles. The van der Waals surface area contributed by atoms with Gasteiger partial charge in [-0.3, -0.25) is 4.98 Å². The zero-order valence-corrected chi connectivity index (χ0v) is 15.8. The highest BCUT2D eigenvalue weighted by Crippen LogP contribution is 2.37. The van der Waals surface area contributed by atoms with Gasteiger partial charge in [-0.1, -0.05) is 30.3 Å². The first-order valence-corrected chi connectivity index (χ1v) is 10.3. The number of fused-ring (bicyclic) bond motifs is 1. The molecular formula is C20H21N5OS. The SMILES string of the molecule is C1=C(c2cnc3ccc(Nc4nnc(C5CCCC5)s4)nc3c2)CCOC1. The standard InChI is InChI=1S/C20H21N5OS/c1-2-4-14(3-1)19-24-25-20(27-19)23-18-6-5-16-17(22-18)11-15(12-21-16)13-7-9-26-10-8-13/h5-7,11-12,14H,1-4,8-10H2,(H,22,23,25). The number of hydrogen-bond acceptors (Lipinski definition) is 7. The molecule has 0 aromatic carbocycles. The Morgan fingerprint density at radius 2 is 2.04 bits per heavy atom. The Kier molecular flexibility index (Phi) is 4.55. The summed E-state index contributed by atoms with van der Waals surface area (Å²) in [7, 11) is 0. The average Bonchev–Trinajstić information content (AvgIpc) is 3.40. The van der Waals surface area contributed by atoms with Crippen molar-refractivity contribution in [1.82, 2.24) is 20.2 Å². The second kappa shape index (κ2) is 7.32. The molecular weight excluding hydrogens is 358 g/mol. The van der Waals surface area contributed by atoms with Crippen LogP contribution in [0.15, 0.2) is 30.5 Å². The summed E-state index contributed by atoms with van der Waals surface area (Å²) in [6.07, 6.45) is 10.0. The number of rotatable bonds is 4. The van der Waals surface area contributed by atoms with Crippen LogP contribution in [0.25, 0.3) is 16.6 Å². The molecule has 3 aromatic heterocycles. The lowest BCUT2D eigenvalue weighted by atomic mass is 10.0. The van der Waals surface area contributed by atoms with E-state index in [9.17, 15) is 0 Å². The molecule has 6 nitrogen and oxygen atoms in total. The van der Waals surface area contributed by atoms with E-state index in [-0.39, 0.29) is 0 Å². The van der Waals surface area contributed by atoms with Gasteiger partial charge in [0.2, 0.25) is 5.13 Å². The Bertz CT molecular complexity index is 993. The van der Waals surface area contributed by atoms with Crippen LogP contribution in [-0.4, -0.2) is 33.4 Å². The molecule has 2 aliphatic rings. The molecule has 1 aliphatic carbocycles. The number of anilines is 2. The number of pyridine rings is 2. The van der Waals surface area contributed by atoms with Crippen LogP contribution >= 0.6 is 11.3 Å². The molecule has 27 heavy (non-hydrogen) atoms. The normalized spacial score (nSPS) is 18.0. The highest BCUT2D eigenvalue weighted by molar-refractivity contribution is 7.15. The Labute approximate surface area is 161 Å². The van der Waals surface area contributed by atoms with Gasteiger partial charge in [0, 0.05) is 12.1 Å². The summed E-state index contributed by atoms with van der Waals surface area (Å²) in [5.74, 6) is 1.36. The summed E-state index contributed by atoms with van der Waals surface area (Å²) in [5, 5.41) is 13.9. The van der Waals surface area contributed by atoms with Gasteiger partial charge in [-0.05, 0) is 48.6 Å². The molecule has 0 amide bonds. The molecule has 1 aliphatic heterocycles. The third-order valence-electron chi connectivity index (χ3n) is 5.25. The van der Waals surface area contributed by atoms with Gasteiger partial charge in [-0.25, -0.2) is 4.98 Å². The predicted molar refractivity (Wildman–Crippen MR) is 107 cm³/mol. The van der Waals surface area contributed by atoms with E-state index in [1.807, 2.05) is 18.3 Å². The van der Waals surface area contributed by atoms with Gasteiger partial charge in [-0.2, -0.15) is 0 Å². The van der Waals surface area contributed by atoms with Crippen LogP contribution in [0.2, 0.25) is 0 Å². The summed E-state index contributed by atoms with van der Waals surface area (Å²) in [6, 6.07) is 6.04. The van der Waals surface area contributed by atoms with Crippen molar-refractivity contribution in [2.24, 2.45) is 0 Å². The fourth-order valence-corrected chi connectivity index (χ4v) is 4.69. The summed E-state index contributed by atoms with van der Waals surface area (Å²) in [4.78, 5) is 9.30. The highest BCUT2D eigenvalue weighted by atomic mass is 32.1. The summed E-state index contributed by atoms with van der Waals surface area (Å²) in [6.45, 7) is 1.43. The molecule has 7 heteroatoms. The van der Waals surface area contributed by atoms with E-state index < -0.39 is 0 Å². The van der Waals surface area contributed by atoms with Crippen molar-refractivity contribution < 1.29 is 4.74 Å². The first-order chi connectivity index (χ1) is 13.3. The van der Waals surface area contributed by atoms with E-state index in [4.69, 9.17) is 9.72 Å². The molecule has 1 saturated carbocycles. The number of hydrogen-bond donors (Lipinski definition) is 1. The molecule has 0 unspecified atom stereocenters. The number of aromatic nitrogens is 4. The van der Waals surface area contributed by atoms with Gasteiger partial charge in [0.15, 0.2) is 0 Å². The lowest BCUT2D eigenvalue weighted by Crippen LogP contribution is -2.04. The van der Waals surface area contributed by atoms with E-state index in [0.717, 1.165) is 45.6 Å². The zero-order valence-electron chi connectivity index (χ0n) is 15.0. The van der Waals surface area contributed by atoms with Crippen molar-refractivity contribution in [2.45, 2.75) is 38.0 Å². The first kappa shape index (κ1) is 16.8. The van der Waals surface area contributed by atoms with E-state index in [2.05, 4.69) is 32.6 Å². The molecule has 4 heterocycles. The molecule has 0 spiro atoms. The monoisotopic (exact) mass is 379 g/mol. The fraction of sp³-hybridized carbons (Fsp3) is 0.400. The van der Waals surface area contributed by atoms with E-state index >= 15 is 0 Å². The second-order valence-electron chi connectivity index (χ2n) is 7.06. The van der Waals surface area contributed by atoms with Gasteiger partial charge in [0.25, 0.3) is 0 Å². The van der Waals surface area contributed by atoms with Crippen molar-refractivity contribution >= 4 is 38.9 Å². The van der Waals surface area contributed by atoms with Crippen molar-refractivity contribution in [3.8, 4) is 0 Å². The van der Waals surface area contributed by atoms with Crippen LogP contribution in [0.3, 0.4) is 0 Å². The summed E-state index contributed by atoms with van der Waals surface area (Å²) >= 11 is 1.64. The first-order valence-electron chi connectivity index (χ1n) is 9.49. The quantitative estimate of drug-likeness (QED) is 0.709. The Morgan fingerprint density at radius 3 is 2.89 bits per heavy atom. The van der Waals surface area contributed by atoms with Crippen molar-refractivity contribution in [3.63, 3.8) is 0 Å². The molecule has 138 valence electrons. The number of nitrogens with one attached hydrogen (secondary N) is 1. The largest absolute Gasteiger partial charge is 0.377 e. The van der Waals surface area contributed by atoms with Gasteiger partial charge >= 0.3 is 0 Å². The lowest BCUT2D eigenvalue weighted by molar-refractivity contribution is 0.161. The fourth-order valence-electron chi connectivity index (χ4n) is 3.77. The Morgan fingerprint density at radius 1 is 1.11 bits per heavy atom. The Balaban J connectivity index is 1.39. The van der Waals surface area contributed by atoms with Gasteiger partial charge in [-0.15, -0.1) is 10.2 Å². The highest BCUT2D eigenvalue weighted by Gasteiger charge is 2.21. The minimum atomic E-state index is 0.585. The topological polar surface area (TPSA) is 72.8 Å². The van der Waals surface area contributed by atoms with Gasteiger partial charge in [0.1, 0.15) is 10.8 Å². The van der Waals surface area contributed by atoms with E-state index in [1.165, 1.54) is 31.3 Å². The number of nitrogens with zero attached hydrogens (tertiary/aromatic N) is 4. The van der Waals surface area contributed by atoms with Crippen LogP contribution < -0.4 is 5.32 Å². The molecule has 3 aromatic rings. The molecule has 5 rings (SSSR count). The average molecular weight is 379 g/mol.